The smallest absolute Gasteiger partial charge is 0.303 e. The SMILES string of the molecule is C=C1[C@@H](O)CC[C@@]2(C)[C@H](OC(C)=O)[C@H](OC(C)=O)C3=C(C)[C@@]4(O)C[C@@H]([C@@H](OC(C)=O)[C@H]12)[C@]3(C)CO4. The van der Waals surface area contributed by atoms with Crippen LogP contribution in [0.3, 0.4) is 0 Å². The van der Waals surface area contributed by atoms with Crippen LogP contribution in [0.4, 0.5) is 0 Å². The van der Waals surface area contributed by atoms with Crippen molar-refractivity contribution in [2.75, 3.05) is 6.61 Å². The molecule has 0 radical (unpaired) electrons. The molecule has 9 atom stereocenters. The fourth-order valence-corrected chi connectivity index (χ4v) is 7.22. The van der Waals surface area contributed by atoms with Gasteiger partial charge < -0.3 is 29.2 Å². The van der Waals surface area contributed by atoms with E-state index in [2.05, 4.69) is 6.58 Å². The summed E-state index contributed by atoms with van der Waals surface area (Å²) in [4.78, 5) is 37.2. The number of hydrogen-bond acceptors (Lipinski definition) is 9. The maximum atomic E-state index is 12.4. The number of carbonyl (C=O) groups excluding carboxylic acids is 3. The second-order valence-corrected chi connectivity index (χ2v) is 11.1. The van der Waals surface area contributed by atoms with Gasteiger partial charge in [0.25, 0.3) is 0 Å². The number of fused-ring (bicyclic) bond motifs is 2. The molecule has 3 fully saturated rings. The molecule has 5 aliphatic rings. The van der Waals surface area contributed by atoms with Crippen LogP contribution in [0.5, 0.6) is 0 Å². The van der Waals surface area contributed by atoms with E-state index < -0.39 is 70.8 Å². The van der Waals surface area contributed by atoms with E-state index in [1.54, 1.807) is 6.92 Å². The molecule has 2 heterocycles. The van der Waals surface area contributed by atoms with Gasteiger partial charge >= 0.3 is 17.9 Å². The Labute approximate surface area is 205 Å². The molecule has 194 valence electrons. The number of carbonyl (C=O) groups is 3. The van der Waals surface area contributed by atoms with Crippen molar-refractivity contribution in [3.63, 3.8) is 0 Å². The molecule has 0 aromatic heterocycles. The summed E-state index contributed by atoms with van der Waals surface area (Å²) in [6, 6.07) is 0. The standard InChI is InChI=1S/C26H36O9/c1-12-18(30)8-9-24(6)19(12)21(33-14(3)27)17-10-26(31)13(2)20(25(17,7)11-32-26)22(34-15(4)28)23(24)35-16(5)29/h17-19,21-23,30-31H,1,8-11H2,2-7H3/t17-,18-,19-,21+,22+,23+,24+,25-,26+/m0/s1. The van der Waals surface area contributed by atoms with Crippen LogP contribution in [0, 0.1) is 22.7 Å². The fraction of sp³-hybridized carbons (Fsp3) is 0.731. The van der Waals surface area contributed by atoms with E-state index in [-0.39, 0.29) is 13.0 Å². The summed E-state index contributed by atoms with van der Waals surface area (Å²) in [7, 11) is 0. The van der Waals surface area contributed by atoms with E-state index in [1.165, 1.54) is 20.8 Å². The first kappa shape index (κ1) is 25.9. The second kappa shape index (κ2) is 8.42. The van der Waals surface area contributed by atoms with Gasteiger partial charge in [-0.05, 0) is 36.5 Å². The molecule has 2 saturated carbocycles. The largest absolute Gasteiger partial charge is 0.462 e. The molecule has 9 nitrogen and oxygen atoms in total. The minimum absolute atomic E-state index is 0.0849. The van der Waals surface area contributed by atoms with Gasteiger partial charge in [-0.1, -0.05) is 20.4 Å². The lowest BCUT2D eigenvalue weighted by Gasteiger charge is -2.64. The molecule has 2 N–H and O–H groups in total. The fourth-order valence-electron chi connectivity index (χ4n) is 7.22. The lowest BCUT2D eigenvalue weighted by Crippen LogP contribution is -2.69. The van der Waals surface area contributed by atoms with Crippen molar-refractivity contribution in [3.05, 3.63) is 23.3 Å². The van der Waals surface area contributed by atoms with Crippen molar-refractivity contribution in [1.82, 2.24) is 0 Å². The third kappa shape index (κ3) is 3.83. The van der Waals surface area contributed by atoms with Crippen LogP contribution >= 0.6 is 0 Å². The predicted octanol–water partition coefficient (Wildman–Crippen LogP) is 2.19. The average molecular weight is 493 g/mol. The highest BCUT2D eigenvalue weighted by molar-refractivity contribution is 5.68. The Morgan fingerprint density at radius 2 is 1.66 bits per heavy atom. The van der Waals surface area contributed by atoms with Crippen LogP contribution < -0.4 is 0 Å². The van der Waals surface area contributed by atoms with Crippen LogP contribution in [0.25, 0.3) is 0 Å². The Morgan fingerprint density at radius 3 is 2.23 bits per heavy atom. The molecular weight excluding hydrogens is 456 g/mol. The van der Waals surface area contributed by atoms with Gasteiger partial charge in [-0.15, -0.1) is 0 Å². The zero-order valence-corrected chi connectivity index (χ0v) is 21.3. The molecule has 5 rings (SSSR count). The van der Waals surface area contributed by atoms with Crippen LogP contribution in [-0.4, -0.2) is 64.9 Å². The Morgan fingerprint density at radius 1 is 1.06 bits per heavy atom. The molecule has 2 aliphatic heterocycles. The summed E-state index contributed by atoms with van der Waals surface area (Å²) in [6.07, 6.45) is -2.72. The molecular formula is C26H36O9. The van der Waals surface area contributed by atoms with Crippen LogP contribution in [0.1, 0.15) is 60.8 Å². The van der Waals surface area contributed by atoms with E-state index in [0.717, 1.165) is 0 Å². The van der Waals surface area contributed by atoms with Gasteiger partial charge in [-0.2, -0.15) is 0 Å². The molecule has 3 aliphatic carbocycles. The average Bonchev–Trinajstić information content (AvgIpc) is 2.73. The van der Waals surface area contributed by atoms with E-state index in [1.807, 2.05) is 13.8 Å². The number of hydrogen-bond donors (Lipinski definition) is 2. The van der Waals surface area contributed by atoms with Crippen molar-refractivity contribution in [2.24, 2.45) is 22.7 Å². The maximum Gasteiger partial charge on any atom is 0.303 e. The Kier molecular flexibility index (Phi) is 6.22. The van der Waals surface area contributed by atoms with Crippen molar-refractivity contribution in [2.45, 2.75) is 91.0 Å². The maximum absolute atomic E-state index is 12.4. The zero-order chi connectivity index (χ0) is 26.1. The quantitative estimate of drug-likeness (QED) is 0.346. The normalized spacial score (nSPS) is 44.6. The summed E-state index contributed by atoms with van der Waals surface area (Å²) in [5.41, 5.74) is -0.132. The van der Waals surface area contributed by atoms with Gasteiger partial charge in [0, 0.05) is 49.9 Å². The minimum atomic E-state index is -1.67. The highest BCUT2D eigenvalue weighted by Gasteiger charge is 2.68. The Balaban J connectivity index is 2.06. The molecule has 0 spiro atoms. The molecule has 0 aromatic rings. The number of rotatable bonds is 3. The van der Waals surface area contributed by atoms with Gasteiger partial charge in [0.05, 0.1) is 12.7 Å². The molecule has 0 aromatic carbocycles. The van der Waals surface area contributed by atoms with Gasteiger partial charge in [0.2, 0.25) is 0 Å². The monoisotopic (exact) mass is 492 g/mol. The highest BCUT2D eigenvalue weighted by Crippen LogP contribution is 2.64. The first-order valence-corrected chi connectivity index (χ1v) is 12.1. The molecule has 9 heteroatoms. The molecule has 35 heavy (non-hydrogen) atoms. The van der Waals surface area contributed by atoms with Gasteiger partial charge in [-0.3, -0.25) is 14.4 Å². The third-order valence-corrected chi connectivity index (χ3v) is 8.85. The zero-order valence-electron chi connectivity index (χ0n) is 21.3. The number of esters is 3. The lowest BCUT2D eigenvalue weighted by molar-refractivity contribution is -0.283. The minimum Gasteiger partial charge on any atom is -0.462 e. The van der Waals surface area contributed by atoms with Crippen LogP contribution in [0.2, 0.25) is 0 Å². The molecule has 1 saturated heterocycles. The number of aliphatic hydroxyl groups excluding tert-OH is 1. The summed E-state index contributed by atoms with van der Waals surface area (Å²) < 4.78 is 23.7. The first-order chi connectivity index (χ1) is 16.2. The van der Waals surface area contributed by atoms with Gasteiger partial charge in [0.1, 0.15) is 12.2 Å². The third-order valence-electron chi connectivity index (χ3n) is 8.85. The number of aliphatic hydroxyl groups is 2. The van der Waals surface area contributed by atoms with Gasteiger partial charge in [-0.25, -0.2) is 0 Å². The summed E-state index contributed by atoms with van der Waals surface area (Å²) in [5, 5.41) is 22.4. The summed E-state index contributed by atoms with van der Waals surface area (Å²) >= 11 is 0. The van der Waals surface area contributed by atoms with Crippen molar-refractivity contribution < 1.29 is 43.5 Å². The topological polar surface area (TPSA) is 129 Å². The second-order valence-electron chi connectivity index (χ2n) is 11.1. The Hall–Kier alpha value is -2.23. The van der Waals surface area contributed by atoms with Crippen LogP contribution in [0.15, 0.2) is 23.3 Å². The van der Waals surface area contributed by atoms with E-state index in [9.17, 15) is 24.6 Å². The van der Waals surface area contributed by atoms with Gasteiger partial charge in [0.15, 0.2) is 11.9 Å². The Bertz CT molecular complexity index is 1000. The lowest BCUT2D eigenvalue weighted by atomic mass is 9.48. The molecule has 0 unspecified atom stereocenters. The molecule has 4 bridgehead atoms. The summed E-state index contributed by atoms with van der Waals surface area (Å²) in [5.74, 6) is -4.38. The number of ether oxygens (including phenoxy) is 4. The molecule has 0 amide bonds. The van der Waals surface area contributed by atoms with Crippen LogP contribution in [-0.2, 0) is 33.3 Å². The summed E-state index contributed by atoms with van der Waals surface area (Å²) in [6.45, 7) is 13.7. The van der Waals surface area contributed by atoms with E-state index in [4.69, 9.17) is 18.9 Å². The first-order valence-electron chi connectivity index (χ1n) is 12.1. The van der Waals surface area contributed by atoms with Crippen molar-refractivity contribution in [1.29, 1.82) is 0 Å². The predicted molar refractivity (Wildman–Crippen MR) is 122 cm³/mol. The van der Waals surface area contributed by atoms with Crippen molar-refractivity contribution >= 4 is 17.9 Å². The van der Waals surface area contributed by atoms with Crippen molar-refractivity contribution in [3.8, 4) is 0 Å². The van der Waals surface area contributed by atoms with E-state index >= 15 is 0 Å². The highest BCUT2D eigenvalue weighted by atomic mass is 16.6. The van der Waals surface area contributed by atoms with E-state index in [0.29, 0.717) is 29.6 Å².